The molecule has 0 aliphatic carbocycles. The molecule has 0 aromatic carbocycles. The summed E-state index contributed by atoms with van der Waals surface area (Å²) in [5.74, 6) is -4.36. The number of alkyl halides is 2. The minimum atomic E-state index is -2.86. The van der Waals surface area contributed by atoms with Gasteiger partial charge in [0.1, 0.15) is 0 Å². The van der Waals surface area contributed by atoms with Crippen LogP contribution in [0.2, 0.25) is 0 Å². The molecule has 1 amide bonds. The predicted octanol–water partition coefficient (Wildman–Crippen LogP) is 1.70. The average Bonchev–Trinajstić information content (AvgIpc) is 2.59. The van der Waals surface area contributed by atoms with Gasteiger partial charge < -0.3 is 4.90 Å². The van der Waals surface area contributed by atoms with Gasteiger partial charge >= 0.3 is 0 Å². The van der Waals surface area contributed by atoms with Crippen molar-refractivity contribution in [1.29, 1.82) is 0 Å². The molecule has 16 heavy (non-hydrogen) atoms. The number of amides is 1. The molecule has 0 spiro atoms. The zero-order valence-electron chi connectivity index (χ0n) is 8.29. The molecule has 1 saturated heterocycles. The van der Waals surface area contributed by atoms with Crippen molar-refractivity contribution in [2.24, 2.45) is 0 Å². The van der Waals surface area contributed by atoms with Crippen molar-refractivity contribution >= 4 is 5.91 Å². The zero-order valence-corrected chi connectivity index (χ0v) is 8.29. The number of aromatic nitrogens is 1. The molecule has 1 aliphatic rings. The van der Waals surface area contributed by atoms with Gasteiger partial charge in [-0.3, -0.25) is 9.78 Å². The third-order valence-corrected chi connectivity index (χ3v) is 2.46. The summed E-state index contributed by atoms with van der Waals surface area (Å²) < 4.78 is 38.9. The Morgan fingerprint density at radius 3 is 2.81 bits per heavy atom. The fraction of sp³-hybridized carbons (Fsp3) is 0.400. The van der Waals surface area contributed by atoms with Gasteiger partial charge in [-0.25, -0.2) is 13.2 Å². The standard InChI is InChI=1S/C10H9F3N2O/c11-8-5-14-3-1-7(8)9(16)15-4-2-10(12,13)6-15/h1,3,5H,2,4,6H2. The summed E-state index contributed by atoms with van der Waals surface area (Å²) in [6, 6.07) is 1.19. The third-order valence-electron chi connectivity index (χ3n) is 2.46. The van der Waals surface area contributed by atoms with Crippen LogP contribution in [0.5, 0.6) is 0 Å². The molecule has 1 fully saturated rings. The Labute approximate surface area is 89.9 Å². The molecule has 2 rings (SSSR count). The molecule has 1 aromatic heterocycles. The summed E-state index contributed by atoms with van der Waals surface area (Å²) in [5.41, 5.74) is -0.215. The first-order valence-electron chi connectivity index (χ1n) is 4.76. The van der Waals surface area contributed by atoms with Crippen LogP contribution in [0.25, 0.3) is 0 Å². The highest BCUT2D eigenvalue weighted by molar-refractivity contribution is 5.94. The molecule has 0 saturated carbocycles. The SMILES string of the molecule is O=C(c1ccncc1F)N1CCC(F)(F)C1. The van der Waals surface area contributed by atoms with E-state index in [4.69, 9.17) is 0 Å². The van der Waals surface area contributed by atoms with Crippen molar-refractivity contribution < 1.29 is 18.0 Å². The Hall–Kier alpha value is -1.59. The minimum absolute atomic E-state index is 0.0480. The van der Waals surface area contributed by atoms with Crippen LogP contribution >= 0.6 is 0 Å². The number of carbonyl (C=O) groups excluding carboxylic acids is 1. The lowest BCUT2D eigenvalue weighted by Gasteiger charge is -2.16. The van der Waals surface area contributed by atoms with Crippen LogP contribution in [-0.4, -0.2) is 34.8 Å². The predicted molar refractivity (Wildman–Crippen MR) is 49.7 cm³/mol. The fourth-order valence-corrected chi connectivity index (χ4v) is 1.63. The molecule has 1 aliphatic heterocycles. The molecular formula is C10H9F3N2O. The van der Waals surface area contributed by atoms with Crippen LogP contribution in [0, 0.1) is 5.82 Å². The smallest absolute Gasteiger partial charge is 0.267 e. The number of pyridine rings is 1. The molecular weight excluding hydrogens is 221 g/mol. The van der Waals surface area contributed by atoms with Gasteiger partial charge in [0.25, 0.3) is 11.8 Å². The summed E-state index contributed by atoms with van der Waals surface area (Å²) in [7, 11) is 0. The second-order valence-electron chi connectivity index (χ2n) is 3.69. The van der Waals surface area contributed by atoms with Crippen molar-refractivity contribution in [3.05, 3.63) is 29.8 Å². The molecule has 1 aromatic rings. The summed E-state index contributed by atoms with van der Waals surface area (Å²) in [5, 5.41) is 0. The van der Waals surface area contributed by atoms with E-state index in [1.807, 2.05) is 0 Å². The minimum Gasteiger partial charge on any atom is -0.332 e. The van der Waals surface area contributed by atoms with Gasteiger partial charge in [-0.15, -0.1) is 0 Å². The second-order valence-corrected chi connectivity index (χ2v) is 3.69. The largest absolute Gasteiger partial charge is 0.332 e. The first-order chi connectivity index (χ1) is 7.49. The molecule has 0 atom stereocenters. The summed E-state index contributed by atoms with van der Waals surface area (Å²) >= 11 is 0. The normalized spacial score (nSPS) is 18.8. The van der Waals surface area contributed by atoms with E-state index in [0.717, 1.165) is 11.1 Å². The highest BCUT2D eigenvalue weighted by atomic mass is 19.3. The van der Waals surface area contributed by atoms with Crippen LogP contribution in [0.1, 0.15) is 16.8 Å². The van der Waals surface area contributed by atoms with Crippen LogP contribution in [0.4, 0.5) is 13.2 Å². The number of nitrogens with zero attached hydrogens (tertiary/aromatic N) is 2. The number of carbonyl (C=O) groups is 1. The lowest BCUT2D eigenvalue weighted by Crippen LogP contribution is -2.31. The van der Waals surface area contributed by atoms with Crippen molar-refractivity contribution in [2.75, 3.05) is 13.1 Å². The van der Waals surface area contributed by atoms with Gasteiger partial charge in [-0.2, -0.15) is 0 Å². The van der Waals surface area contributed by atoms with Crippen molar-refractivity contribution in [1.82, 2.24) is 9.88 Å². The van der Waals surface area contributed by atoms with E-state index in [9.17, 15) is 18.0 Å². The van der Waals surface area contributed by atoms with Gasteiger partial charge in [0.05, 0.1) is 18.3 Å². The van der Waals surface area contributed by atoms with E-state index in [0.29, 0.717) is 0 Å². The van der Waals surface area contributed by atoms with Gasteiger partial charge in [-0.05, 0) is 6.07 Å². The zero-order chi connectivity index (χ0) is 11.8. The van der Waals surface area contributed by atoms with Gasteiger partial charge in [-0.1, -0.05) is 0 Å². The van der Waals surface area contributed by atoms with Crippen LogP contribution in [-0.2, 0) is 0 Å². The van der Waals surface area contributed by atoms with Gasteiger partial charge in [0.2, 0.25) is 0 Å². The van der Waals surface area contributed by atoms with E-state index >= 15 is 0 Å². The first-order valence-corrected chi connectivity index (χ1v) is 4.76. The van der Waals surface area contributed by atoms with Crippen LogP contribution in [0.3, 0.4) is 0 Å². The van der Waals surface area contributed by atoms with Crippen molar-refractivity contribution in [3.8, 4) is 0 Å². The number of hydrogen-bond donors (Lipinski definition) is 0. The highest BCUT2D eigenvalue weighted by Crippen LogP contribution is 2.28. The molecule has 6 heteroatoms. The number of rotatable bonds is 1. The topological polar surface area (TPSA) is 33.2 Å². The van der Waals surface area contributed by atoms with E-state index in [-0.39, 0.29) is 18.5 Å². The lowest BCUT2D eigenvalue weighted by atomic mass is 10.2. The van der Waals surface area contributed by atoms with E-state index in [1.165, 1.54) is 12.3 Å². The Bertz CT molecular complexity index is 422. The quantitative estimate of drug-likeness (QED) is 0.735. The monoisotopic (exact) mass is 230 g/mol. The fourth-order valence-electron chi connectivity index (χ4n) is 1.63. The Morgan fingerprint density at radius 1 is 1.50 bits per heavy atom. The first kappa shape index (κ1) is 10.9. The second kappa shape index (κ2) is 3.77. The molecule has 0 unspecified atom stereocenters. The van der Waals surface area contributed by atoms with E-state index in [1.54, 1.807) is 0 Å². The summed E-state index contributed by atoms with van der Waals surface area (Å²) in [6.07, 6.45) is 1.78. The lowest BCUT2D eigenvalue weighted by molar-refractivity contribution is 0.0119. The van der Waals surface area contributed by atoms with Crippen molar-refractivity contribution in [2.45, 2.75) is 12.3 Å². The van der Waals surface area contributed by atoms with E-state index in [2.05, 4.69) is 4.98 Å². The number of halogens is 3. The van der Waals surface area contributed by atoms with E-state index < -0.39 is 24.2 Å². The van der Waals surface area contributed by atoms with Crippen LogP contribution in [0.15, 0.2) is 18.5 Å². The Balaban J connectivity index is 2.18. The summed E-state index contributed by atoms with van der Waals surface area (Å²) in [6.45, 7) is -0.693. The molecule has 0 bridgehead atoms. The number of likely N-dealkylation sites (tertiary alicyclic amines) is 1. The maximum absolute atomic E-state index is 13.2. The molecule has 0 N–H and O–H groups in total. The van der Waals surface area contributed by atoms with Crippen molar-refractivity contribution in [3.63, 3.8) is 0 Å². The third kappa shape index (κ3) is 2.00. The molecule has 86 valence electrons. The molecule has 0 radical (unpaired) electrons. The molecule has 3 nitrogen and oxygen atoms in total. The molecule has 2 heterocycles. The van der Waals surface area contributed by atoms with Crippen LogP contribution < -0.4 is 0 Å². The van der Waals surface area contributed by atoms with Gasteiger partial charge in [0.15, 0.2) is 5.82 Å². The summed E-state index contributed by atoms with van der Waals surface area (Å²) in [4.78, 5) is 16.1. The number of hydrogen-bond acceptors (Lipinski definition) is 2. The highest BCUT2D eigenvalue weighted by Gasteiger charge is 2.40. The van der Waals surface area contributed by atoms with Gasteiger partial charge in [0, 0.05) is 19.2 Å². The Morgan fingerprint density at radius 2 is 2.25 bits per heavy atom. The maximum Gasteiger partial charge on any atom is 0.267 e. The Kier molecular flexibility index (Phi) is 2.57. The average molecular weight is 230 g/mol. The maximum atomic E-state index is 13.2.